The molecule has 0 saturated heterocycles. The van der Waals surface area contributed by atoms with E-state index in [4.69, 9.17) is 14.7 Å². The fourth-order valence-corrected chi connectivity index (χ4v) is 2.60. The third-order valence-electron chi connectivity index (χ3n) is 4.10. The molecular weight excluding hydrogens is 370 g/mol. The van der Waals surface area contributed by atoms with Crippen molar-refractivity contribution in [2.45, 2.75) is 6.54 Å². The maximum Gasteiger partial charge on any atom is 0.275 e. The number of rotatable bonds is 7. The molecule has 29 heavy (non-hydrogen) atoms. The van der Waals surface area contributed by atoms with Crippen LogP contribution in [0.15, 0.2) is 54.9 Å². The lowest BCUT2D eigenvalue weighted by Crippen LogP contribution is -2.15. The largest absolute Gasteiger partial charge is 0.493 e. The fourth-order valence-electron chi connectivity index (χ4n) is 2.60. The van der Waals surface area contributed by atoms with Crippen LogP contribution in [0.5, 0.6) is 11.5 Å². The molecule has 0 unspecified atom stereocenters. The van der Waals surface area contributed by atoms with E-state index in [0.717, 1.165) is 5.56 Å². The average molecular weight is 389 g/mol. The van der Waals surface area contributed by atoms with E-state index < -0.39 is 5.91 Å². The molecule has 0 spiro atoms. The SMILES string of the molecule is COc1ccc(CNc2cnc(C(=O)Nc3ccccc3C#N)cn2)cc1OC. The summed E-state index contributed by atoms with van der Waals surface area (Å²) >= 11 is 0. The summed E-state index contributed by atoms with van der Waals surface area (Å²) in [5.74, 6) is 1.38. The van der Waals surface area contributed by atoms with Crippen LogP contribution in [-0.4, -0.2) is 30.1 Å². The Hall–Kier alpha value is -4.12. The first-order chi connectivity index (χ1) is 14.1. The maximum absolute atomic E-state index is 12.3. The number of methoxy groups -OCH3 is 2. The van der Waals surface area contributed by atoms with Gasteiger partial charge in [-0.15, -0.1) is 0 Å². The Morgan fingerprint density at radius 2 is 1.86 bits per heavy atom. The number of nitrogens with one attached hydrogen (secondary N) is 2. The molecule has 0 bridgehead atoms. The van der Waals surface area contributed by atoms with Crippen molar-refractivity contribution >= 4 is 17.4 Å². The van der Waals surface area contributed by atoms with Gasteiger partial charge in [0.15, 0.2) is 11.5 Å². The zero-order chi connectivity index (χ0) is 20.6. The molecule has 0 aliphatic carbocycles. The standard InChI is InChI=1S/C21H19N5O3/c1-28-18-8-7-14(9-19(18)29-2)11-24-20-13-23-17(12-25-20)21(27)26-16-6-4-3-5-15(16)10-22/h3-9,12-13H,11H2,1-2H3,(H,24,25)(H,26,27). The van der Waals surface area contributed by atoms with Crippen LogP contribution in [0.4, 0.5) is 11.5 Å². The first-order valence-corrected chi connectivity index (χ1v) is 8.72. The highest BCUT2D eigenvalue weighted by molar-refractivity contribution is 6.03. The van der Waals surface area contributed by atoms with Crippen molar-refractivity contribution in [3.63, 3.8) is 0 Å². The van der Waals surface area contributed by atoms with Crippen molar-refractivity contribution in [3.05, 3.63) is 71.7 Å². The van der Waals surface area contributed by atoms with Gasteiger partial charge in [-0.3, -0.25) is 4.79 Å². The summed E-state index contributed by atoms with van der Waals surface area (Å²) in [7, 11) is 3.17. The molecule has 0 aliphatic heterocycles. The van der Waals surface area contributed by atoms with Gasteiger partial charge in [-0.2, -0.15) is 5.26 Å². The predicted octanol–water partition coefficient (Wildman–Crippen LogP) is 3.23. The lowest BCUT2D eigenvalue weighted by Gasteiger charge is -2.11. The topological polar surface area (TPSA) is 109 Å². The normalized spacial score (nSPS) is 9.97. The molecule has 2 aromatic carbocycles. The summed E-state index contributed by atoms with van der Waals surface area (Å²) in [6, 6.07) is 14.4. The van der Waals surface area contributed by atoms with Crippen LogP contribution >= 0.6 is 0 Å². The minimum Gasteiger partial charge on any atom is -0.493 e. The van der Waals surface area contributed by atoms with E-state index in [-0.39, 0.29) is 5.69 Å². The van der Waals surface area contributed by atoms with Crippen molar-refractivity contribution in [1.29, 1.82) is 5.26 Å². The highest BCUT2D eigenvalue weighted by Crippen LogP contribution is 2.27. The number of hydrogen-bond acceptors (Lipinski definition) is 7. The van der Waals surface area contributed by atoms with Gasteiger partial charge in [0.1, 0.15) is 17.6 Å². The summed E-state index contributed by atoms with van der Waals surface area (Å²) in [6.07, 6.45) is 2.85. The second-order valence-electron chi connectivity index (χ2n) is 5.94. The molecule has 0 fully saturated rings. The Kier molecular flexibility index (Phi) is 6.22. The number of carbonyl (C=O) groups is 1. The second kappa shape index (κ2) is 9.19. The van der Waals surface area contributed by atoms with Crippen LogP contribution in [0, 0.1) is 11.3 Å². The Bertz CT molecular complexity index is 1040. The van der Waals surface area contributed by atoms with Crippen molar-refractivity contribution in [2.24, 2.45) is 0 Å². The number of ether oxygens (including phenoxy) is 2. The third-order valence-corrected chi connectivity index (χ3v) is 4.10. The summed E-state index contributed by atoms with van der Waals surface area (Å²) in [6.45, 7) is 0.496. The number of hydrogen-bond donors (Lipinski definition) is 2. The first kappa shape index (κ1) is 19.6. The van der Waals surface area contributed by atoms with E-state index in [0.29, 0.717) is 35.1 Å². The third kappa shape index (κ3) is 4.78. The summed E-state index contributed by atoms with van der Waals surface area (Å²) in [5, 5.41) is 14.9. The van der Waals surface area contributed by atoms with Gasteiger partial charge in [0.25, 0.3) is 5.91 Å². The lowest BCUT2D eigenvalue weighted by molar-refractivity contribution is 0.102. The molecule has 0 aliphatic rings. The molecule has 1 heterocycles. The van der Waals surface area contributed by atoms with E-state index >= 15 is 0 Å². The van der Waals surface area contributed by atoms with Crippen molar-refractivity contribution in [3.8, 4) is 17.6 Å². The van der Waals surface area contributed by atoms with Crippen LogP contribution in [0.2, 0.25) is 0 Å². The number of aromatic nitrogens is 2. The molecule has 1 aromatic heterocycles. The number of benzene rings is 2. The van der Waals surface area contributed by atoms with Crippen LogP contribution in [0.1, 0.15) is 21.6 Å². The van der Waals surface area contributed by atoms with Crippen LogP contribution in [-0.2, 0) is 6.54 Å². The van der Waals surface area contributed by atoms with E-state index in [1.165, 1.54) is 12.4 Å². The molecule has 1 amide bonds. The number of nitriles is 1. The smallest absolute Gasteiger partial charge is 0.275 e. The Morgan fingerprint density at radius 3 is 2.55 bits per heavy atom. The molecular formula is C21H19N5O3. The molecule has 0 radical (unpaired) electrons. The van der Waals surface area contributed by atoms with Gasteiger partial charge in [0, 0.05) is 6.54 Å². The van der Waals surface area contributed by atoms with Gasteiger partial charge in [0.05, 0.1) is 37.9 Å². The molecule has 8 nitrogen and oxygen atoms in total. The number of anilines is 2. The number of amides is 1. The van der Waals surface area contributed by atoms with E-state index in [9.17, 15) is 4.79 Å². The second-order valence-corrected chi connectivity index (χ2v) is 5.94. The zero-order valence-corrected chi connectivity index (χ0v) is 16.0. The number of nitrogens with zero attached hydrogens (tertiary/aromatic N) is 3. The van der Waals surface area contributed by atoms with Gasteiger partial charge in [-0.05, 0) is 29.8 Å². The minimum absolute atomic E-state index is 0.148. The summed E-state index contributed by atoms with van der Waals surface area (Å²) < 4.78 is 10.5. The quantitative estimate of drug-likeness (QED) is 0.638. The Balaban J connectivity index is 1.63. The van der Waals surface area contributed by atoms with Gasteiger partial charge < -0.3 is 20.1 Å². The highest BCUT2D eigenvalue weighted by Gasteiger charge is 2.11. The molecule has 3 rings (SSSR count). The number of carbonyl (C=O) groups excluding carboxylic acids is 1. The minimum atomic E-state index is -0.438. The first-order valence-electron chi connectivity index (χ1n) is 8.72. The van der Waals surface area contributed by atoms with E-state index in [1.807, 2.05) is 24.3 Å². The molecule has 0 saturated carbocycles. The summed E-state index contributed by atoms with van der Waals surface area (Å²) in [5.41, 5.74) is 1.92. The summed E-state index contributed by atoms with van der Waals surface area (Å²) in [4.78, 5) is 20.7. The molecule has 3 aromatic rings. The van der Waals surface area contributed by atoms with Crippen LogP contribution < -0.4 is 20.1 Å². The molecule has 2 N–H and O–H groups in total. The van der Waals surface area contributed by atoms with Crippen molar-refractivity contribution in [2.75, 3.05) is 24.9 Å². The Labute approximate surface area is 168 Å². The fraction of sp³-hybridized carbons (Fsp3) is 0.143. The lowest BCUT2D eigenvalue weighted by atomic mass is 10.2. The van der Waals surface area contributed by atoms with Gasteiger partial charge >= 0.3 is 0 Å². The van der Waals surface area contributed by atoms with Gasteiger partial charge in [-0.25, -0.2) is 9.97 Å². The van der Waals surface area contributed by atoms with Gasteiger partial charge in [0.2, 0.25) is 0 Å². The molecule has 146 valence electrons. The van der Waals surface area contributed by atoms with E-state index in [1.54, 1.807) is 38.5 Å². The molecule has 8 heteroatoms. The molecule has 0 atom stereocenters. The predicted molar refractivity (Wildman–Crippen MR) is 108 cm³/mol. The average Bonchev–Trinajstić information content (AvgIpc) is 2.78. The van der Waals surface area contributed by atoms with Crippen molar-refractivity contribution < 1.29 is 14.3 Å². The zero-order valence-electron chi connectivity index (χ0n) is 16.0. The van der Waals surface area contributed by atoms with Gasteiger partial charge in [-0.1, -0.05) is 18.2 Å². The number of para-hydroxylation sites is 1. The highest BCUT2D eigenvalue weighted by atomic mass is 16.5. The Morgan fingerprint density at radius 1 is 1.07 bits per heavy atom. The van der Waals surface area contributed by atoms with Crippen LogP contribution in [0.25, 0.3) is 0 Å². The van der Waals surface area contributed by atoms with Crippen LogP contribution in [0.3, 0.4) is 0 Å². The maximum atomic E-state index is 12.3. The monoisotopic (exact) mass is 389 g/mol. The van der Waals surface area contributed by atoms with E-state index in [2.05, 4.69) is 20.6 Å². The van der Waals surface area contributed by atoms with Crippen molar-refractivity contribution in [1.82, 2.24) is 9.97 Å².